The van der Waals surface area contributed by atoms with Gasteiger partial charge in [-0.3, -0.25) is 4.79 Å². The Morgan fingerprint density at radius 3 is 2.60 bits per heavy atom. The third-order valence-corrected chi connectivity index (χ3v) is 1.92. The highest BCUT2D eigenvalue weighted by Gasteiger charge is 2.23. The average molecular weight is 210 g/mol. The molecule has 0 aromatic heterocycles. The van der Waals surface area contributed by atoms with Crippen LogP contribution >= 0.6 is 0 Å². The number of hydrogen-bond donors (Lipinski definition) is 2. The number of carboxylic acids is 2. The van der Waals surface area contributed by atoms with Gasteiger partial charge in [-0.15, -0.1) is 0 Å². The van der Waals surface area contributed by atoms with Gasteiger partial charge in [0.05, 0.1) is 18.9 Å². The van der Waals surface area contributed by atoms with E-state index in [1.165, 1.54) is 31.6 Å². The summed E-state index contributed by atoms with van der Waals surface area (Å²) in [5, 5.41) is 17.5. The first-order chi connectivity index (χ1) is 7.06. The number of carboxylic acid groups (broad SMARTS) is 2. The van der Waals surface area contributed by atoms with Crippen LogP contribution in [0.15, 0.2) is 35.6 Å². The third-order valence-electron chi connectivity index (χ3n) is 1.92. The standard InChI is InChI=1S/C10H10O5/c1-15-5-7-4-6(9(11)12)2-3-8(7)10(13)14/h2-5,8H,1H3,(H,11,12)(H,13,14). The van der Waals surface area contributed by atoms with Crippen LogP contribution in [0.3, 0.4) is 0 Å². The molecule has 1 rings (SSSR count). The van der Waals surface area contributed by atoms with Crippen molar-refractivity contribution in [3.8, 4) is 0 Å². The molecule has 15 heavy (non-hydrogen) atoms. The number of methoxy groups -OCH3 is 1. The maximum Gasteiger partial charge on any atom is 0.335 e. The van der Waals surface area contributed by atoms with E-state index in [0.717, 1.165) is 0 Å². The predicted molar refractivity (Wildman–Crippen MR) is 51.1 cm³/mol. The van der Waals surface area contributed by atoms with E-state index in [-0.39, 0.29) is 5.57 Å². The van der Waals surface area contributed by atoms with Crippen LogP contribution < -0.4 is 0 Å². The van der Waals surface area contributed by atoms with E-state index in [2.05, 4.69) is 0 Å². The number of carbonyl (C=O) groups is 2. The van der Waals surface area contributed by atoms with E-state index in [1.54, 1.807) is 0 Å². The molecule has 0 bridgehead atoms. The Hall–Kier alpha value is -2.04. The first-order valence-corrected chi connectivity index (χ1v) is 4.15. The van der Waals surface area contributed by atoms with Crippen molar-refractivity contribution in [1.29, 1.82) is 0 Å². The fraction of sp³-hybridized carbons (Fsp3) is 0.200. The molecule has 1 aliphatic rings. The normalized spacial score (nSPS) is 22.3. The lowest BCUT2D eigenvalue weighted by atomic mass is 9.92. The smallest absolute Gasteiger partial charge is 0.335 e. The first kappa shape index (κ1) is 11.0. The van der Waals surface area contributed by atoms with Crippen molar-refractivity contribution in [1.82, 2.24) is 0 Å². The summed E-state index contributed by atoms with van der Waals surface area (Å²) in [6, 6.07) is 0. The van der Waals surface area contributed by atoms with Gasteiger partial charge in [0, 0.05) is 5.57 Å². The van der Waals surface area contributed by atoms with E-state index in [0.29, 0.717) is 5.57 Å². The second-order valence-corrected chi connectivity index (χ2v) is 2.93. The molecule has 1 unspecified atom stereocenters. The second-order valence-electron chi connectivity index (χ2n) is 2.93. The second kappa shape index (κ2) is 4.45. The van der Waals surface area contributed by atoms with Gasteiger partial charge in [0.2, 0.25) is 0 Å². The van der Waals surface area contributed by atoms with Crippen LogP contribution in [0.2, 0.25) is 0 Å². The summed E-state index contributed by atoms with van der Waals surface area (Å²) in [6.07, 6.45) is 5.10. The molecule has 0 saturated carbocycles. The van der Waals surface area contributed by atoms with Crippen LogP contribution in [0, 0.1) is 5.92 Å². The van der Waals surface area contributed by atoms with Crippen LogP contribution in [0.4, 0.5) is 0 Å². The highest BCUT2D eigenvalue weighted by molar-refractivity contribution is 5.92. The van der Waals surface area contributed by atoms with Crippen molar-refractivity contribution in [3.63, 3.8) is 0 Å². The number of allylic oxidation sites excluding steroid dienone is 1. The molecule has 5 heteroatoms. The fourth-order valence-electron chi connectivity index (χ4n) is 1.23. The molecule has 0 amide bonds. The largest absolute Gasteiger partial charge is 0.504 e. The van der Waals surface area contributed by atoms with Gasteiger partial charge in [0.15, 0.2) is 0 Å². The molecule has 0 radical (unpaired) electrons. The molecule has 2 N–H and O–H groups in total. The molecule has 0 fully saturated rings. The summed E-state index contributed by atoms with van der Waals surface area (Å²) in [6.45, 7) is 0. The average Bonchev–Trinajstić information content (AvgIpc) is 2.17. The third kappa shape index (κ3) is 2.46. The van der Waals surface area contributed by atoms with Gasteiger partial charge < -0.3 is 14.9 Å². The Kier molecular flexibility index (Phi) is 3.28. The molecule has 1 aliphatic carbocycles. The van der Waals surface area contributed by atoms with Crippen LogP contribution in [-0.4, -0.2) is 29.3 Å². The lowest BCUT2D eigenvalue weighted by molar-refractivity contribution is -0.139. The zero-order valence-corrected chi connectivity index (χ0v) is 8.01. The van der Waals surface area contributed by atoms with Gasteiger partial charge in [-0.2, -0.15) is 0 Å². The number of rotatable bonds is 3. The van der Waals surface area contributed by atoms with Crippen molar-refractivity contribution < 1.29 is 24.5 Å². The zero-order valence-electron chi connectivity index (χ0n) is 8.01. The quantitative estimate of drug-likeness (QED) is 0.673. The SMILES string of the molecule is COC=C1C=C(C(=O)O)C=CC1C(=O)O. The van der Waals surface area contributed by atoms with Gasteiger partial charge in [0.25, 0.3) is 0 Å². The molecule has 0 aliphatic heterocycles. The van der Waals surface area contributed by atoms with E-state index in [9.17, 15) is 9.59 Å². The van der Waals surface area contributed by atoms with Crippen molar-refractivity contribution in [2.45, 2.75) is 0 Å². The van der Waals surface area contributed by atoms with E-state index in [4.69, 9.17) is 14.9 Å². The number of ether oxygens (including phenoxy) is 1. The zero-order chi connectivity index (χ0) is 11.4. The topological polar surface area (TPSA) is 83.8 Å². The summed E-state index contributed by atoms with van der Waals surface area (Å²) < 4.78 is 4.69. The molecule has 0 heterocycles. The minimum Gasteiger partial charge on any atom is -0.504 e. The number of aliphatic carboxylic acids is 2. The Morgan fingerprint density at radius 2 is 2.13 bits per heavy atom. The Bertz CT molecular complexity index is 375. The van der Waals surface area contributed by atoms with Crippen LogP contribution in [0.1, 0.15) is 0 Å². The molecule has 0 saturated heterocycles. The summed E-state index contributed by atoms with van der Waals surface area (Å²) in [5.41, 5.74) is 0.348. The van der Waals surface area contributed by atoms with Crippen molar-refractivity contribution >= 4 is 11.9 Å². The monoisotopic (exact) mass is 210 g/mol. The van der Waals surface area contributed by atoms with Gasteiger partial charge in [-0.1, -0.05) is 12.2 Å². The Morgan fingerprint density at radius 1 is 1.47 bits per heavy atom. The fourth-order valence-corrected chi connectivity index (χ4v) is 1.23. The maximum absolute atomic E-state index is 10.8. The lowest BCUT2D eigenvalue weighted by Crippen LogP contribution is -2.17. The number of hydrogen-bond acceptors (Lipinski definition) is 3. The van der Waals surface area contributed by atoms with Gasteiger partial charge in [-0.05, 0) is 6.08 Å². The molecular formula is C10H10O5. The molecule has 5 nitrogen and oxygen atoms in total. The maximum atomic E-state index is 10.8. The summed E-state index contributed by atoms with van der Waals surface area (Å²) in [4.78, 5) is 21.4. The molecule has 1 atom stereocenters. The van der Waals surface area contributed by atoms with Gasteiger partial charge in [-0.25, -0.2) is 4.79 Å². The molecular weight excluding hydrogens is 200 g/mol. The predicted octanol–water partition coefficient (Wildman–Crippen LogP) is 0.798. The highest BCUT2D eigenvalue weighted by Crippen LogP contribution is 2.22. The van der Waals surface area contributed by atoms with E-state index < -0.39 is 17.9 Å². The van der Waals surface area contributed by atoms with Gasteiger partial charge >= 0.3 is 11.9 Å². The molecule has 80 valence electrons. The van der Waals surface area contributed by atoms with Crippen LogP contribution in [0.25, 0.3) is 0 Å². The summed E-state index contributed by atoms with van der Waals surface area (Å²) in [5.74, 6) is -3.00. The molecule has 0 aromatic carbocycles. The summed E-state index contributed by atoms with van der Waals surface area (Å²) in [7, 11) is 1.37. The van der Waals surface area contributed by atoms with Crippen LogP contribution in [0.5, 0.6) is 0 Å². The van der Waals surface area contributed by atoms with E-state index in [1.807, 2.05) is 0 Å². The molecule has 0 aromatic rings. The minimum atomic E-state index is -1.10. The Labute approximate surface area is 86.0 Å². The first-order valence-electron chi connectivity index (χ1n) is 4.15. The Balaban J connectivity index is 3.05. The van der Waals surface area contributed by atoms with Gasteiger partial charge in [0.1, 0.15) is 5.92 Å². The highest BCUT2D eigenvalue weighted by atomic mass is 16.5. The summed E-state index contributed by atoms with van der Waals surface area (Å²) >= 11 is 0. The lowest BCUT2D eigenvalue weighted by Gasteiger charge is -2.13. The van der Waals surface area contributed by atoms with E-state index >= 15 is 0 Å². The van der Waals surface area contributed by atoms with Crippen molar-refractivity contribution in [2.24, 2.45) is 5.92 Å². The van der Waals surface area contributed by atoms with Crippen molar-refractivity contribution in [2.75, 3.05) is 7.11 Å². The van der Waals surface area contributed by atoms with Crippen LogP contribution in [-0.2, 0) is 14.3 Å². The minimum absolute atomic E-state index is 0.0378. The molecule has 0 spiro atoms. The van der Waals surface area contributed by atoms with Crippen molar-refractivity contribution in [3.05, 3.63) is 35.6 Å².